The predicted octanol–water partition coefficient (Wildman–Crippen LogP) is 0.472. The monoisotopic (exact) mass is 208 g/mol. The number of aliphatic hydroxyl groups is 1. The zero-order valence-electron chi connectivity index (χ0n) is 8.30. The molecule has 0 aliphatic carbocycles. The minimum absolute atomic E-state index is 0.308. The largest absolute Gasteiger partial charge is 0.465 e. The first kappa shape index (κ1) is 9.92. The number of aliphatic hydroxyl groups excluding tert-OH is 1. The molecule has 5 heteroatoms. The van der Waals surface area contributed by atoms with Crippen LogP contribution in [0.3, 0.4) is 0 Å². The number of ether oxygens (including phenoxy) is 1. The Balaban J connectivity index is 2.29. The lowest BCUT2D eigenvalue weighted by molar-refractivity contribution is -0.147. The van der Waals surface area contributed by atoms with E-state index in [0.717, 1.165) is 5.56 Å². The molecule has 80 valence electrons. The molecule has 0 bridgehead atoms. The van der Waals surface area contributed by atoms with Crippen molar-refractivity contribution in [2.24, 2.45) is 0 Å². The number of anilines is 1. The van der Waals surface area contributed by atoms with E-state index < -0.39 is 18.1 Å². The van der Waals surface area contributed by atoms with Gasteiger partial charge in [-0.15, -0.1) is 0 Å². The third kappa shape index (κ3) is 1.66. The summed E-state index contributed by atoms with van der Waals surface area (Å²) in [6.45, 7) is 2.04. The fourth-order valence-corrected chi connectivity index (χ4v) is 1.70. The normalized spacial score (nSPS) is 23.1. The van der Waals surface area contributed by atoms with E-state index in [2.05, 4.69) is 10.3 Å². The predicted molar refractivity (Wildman–Crippen MR) is 53.2 cm³/mol. The number of pyridine rings is 1. The number of aromatic nitrogens is 1. The summed E-state index contributed by atoms with van der Waals surface area (Å²) in [5, 5.41) is 12.4. The number of rotatable bonds is 2. The van der Waals surface area contributed by atoms with Gasteiger partial charge in [0, 0.05) is 6.20 Å². The van der Waals surface area contributed by atoms with Gasteiger partial charge in [0.25, 0.3) is 0 Å². The molecule has 5 nitrogen and oxygen atoms in total. The lowest BCUT2D eigenvalue weighted by Gasteiger charge is -2.13. The van der Waals surface area contributed by atoms with Gasteiger partial charge in [-0.1, -0.05) is 0 Å². The SMILES string of the molecule is CCOC(=O)[C@@H]1c2ccncc2N[C@@H]1O. The van der Waals surface area contributed by atoms with E-state index in [9.17, 15) is 9.90 Å². The average molecular weight is 208 g/mol. The third-order valence-electron chi connectivity index (χ3n) is 2.35. The molecule has 2 N–H and O–H groups in total. The lowest BCUT2D eigenvalue weighted by atomic mass is 10.0. The Hall–Kier alpha value is -1.62. The summed E-state index contributed by atoms with van der Waals surface area (Å²) < 4.78 is 4.89. The number of hydrogen-bond donors (Lipinski definition) is 2. The molecule has 1 aliphatic heterocycles. The average Bonchev–Trinajstić information content (AvgIpc) is 2.54. The maximum Gasteiger partial charge on any atom is 0.318 e. The van der Waals surface area contributed by atoms with E-state index in [0.29, 0.717) is 12.3 Å². The minimum Gasteiger partial charge on any atom is -0.465 e. The van der Waals surface area contributed by atoms with Gasteiger partial charge in [-0.3, -0.25) is 9.78 Å². The quantitative estimate of drug-likeness (QED) is 0.691. The Labute approximate surface area is 87.1 Å². The van der Waals surface area contributed by atoms with Crippen molar-refractivity contribution in [2.45, 2.75) is 19.1 Å². The van der Waals surface area contributed by atoms with Crippen LogP contribution in [0.2, 0.25) is 0 Å². The van der Waals surface area contributed by atoms with Crippen molar-refractivity contribution in [2.75, 3.05) is 11.9 Å². The molecule has 0 saturated heterocycles. The first-order chi connectivity index (χ1) is 7.24. The van der Waals surface area contributed by atoms with E-state index in [4.69, 9.17) is 4.74 Å². The number of hydrogen-bond acceptors (Lipinski definition) is 5. The van der Waals surface area contributed by atoms with E-state index in [1.165, 1.54) is 0 Å². The topological polar surface area (TPSA) is 71.5 Å². The molecule has 2 rings (SSSR count). The summed E-state index contributed by atoms with van der Waals surface area (Å²) in [6, 6.07) is 1.71. The van der Waals surface area contributed by atoms with Crippen molar-refractivity contribution in [1.82, 2.24) is 4.98 Å². The van der Waals surface area contributed by atoms with Crippen LogP contribution in [-0.2, 0) is 9.53 Å². The number of carbonyl (C=O) groups excluding carboxylic acids is 1. The standard InChI is InChI=1S/C10H12N2O3/c1-2-15-10(14)8-6-3-4-11-5-7(6)12-9(8)13/h3-5,8-9,12-13H,2H2,1H3/t8-,9-/m1/s1. The Morgan fingerprint density at radius 2 is 2.53 bits per heavy atom. The van der Waals surface area contributed by atoms with Gasteiger partial charge in [-0.05, 0) is 18.6 Å². The van der Waals surface area contributed by atoms with Crippen molar-refractivity contribution in [3.8, 4) is 0 Å². The molecule has 0 radical (unpaired) electrons. The van der Waals surface area contributed by atoms with Crippen molar-refractivity contribution in [3.05, 3.63) is 24.0 Å². The van der Waals surface area contributed by atoms with Crippen molar-refractivity contribution in [3.63, 3.8) is 0 Å². The van der Waals surface area contributed by atoms with Crippen LogP contribution in [0.5, 0.6) is 0 Å². The number of nitrogens with zero attached hydrogens (tertiary/aromatic N) is 1. The number of esters is 1. The highest BCUT2D eigenvalue weighted by Gasteiger charge is 2.37. The second-order valence-corrected chi connectivity index (χ2v) is 3.28. The first-order valence-corrected chi connectivity index (χ1v) is 4.79. The Kier molecular flexibility index (Phi) is 2.55. The Bertz CT molecular complexity index is 381. The molecule has 1 aromatic heterocycles. The maximum atomic E-state index is 11.6. The number of carbonyl (C=O) groups is 1. The molecule has 0 amide bonds. The van der Waals surface area contributed by atoms with Crippen LogP contribution in [0, 0.1) is 0 Å². The fourth-order valence-electron chi connectivity index (χ4n) is 1.70. The number of fused-ring (bicyclic) bond motifs is 1. The highest BCUT2D eigenvalue weighted by atomic mass is 16.5. The van der Waals surface area contributed by atoms with Crippen molar-refractivity contribution < 1.29 is 14.6 Å². The van der Waals surface area contributed by atoms with Gasteiger partial charge in [-0.25, -0.2) is 0 Å². The van der Waals surface area contributed by atoms with Crippen LogP contribution in [0.25, 0.3) is 0 Å². The molecule has 0 unspecified atom stereocenters. The lowest BCUT2D eigenvalue weighted by Crippen LogP contribution is -2.27. The number of nitrogens with one attached hydrogen (secondary N) is 1. The summed E-state index contributed by atoms with van der Waals surface area (Å²) in [5.74, 6) is -1.06. The second-order valence-electron chi connectivity index (χ2n) is 3.28. The molecule has 2 atom stereocenters. The van der Waals surface area contributed by atoms with Gasteiger partial charge >= 0.3 is 5.97 Å². The third-order valence-corrected chi connectivity index (χ3v) is 2.35. The van der Waals surface area contributed by atoms with E-state index in [1.807, 2.05) is 0 Å². The first-order valence-electron chi connectivity index (χ1n) is 4.79. The van der Waals surface area contributed by atoms with Crippen LogP contribution in [0.15, 0.2) is 18.5 Å². The summed E-state index contributed by atoms with van der Waals surface area (Å²) >= 11 is 0. The fraction of sp³-hybridized carbons (Fsp3) is 0.400. The summed E-state index contributed by atoms with van der Waals surface area (Å²) in [6.07, 6.45) is 2.24. The Morgan fingerprint density at radius 1 is 1.73 bits per heavy atom. The van der Waals surface area contributed by atoms with Crippen molar-refractivity contribution >= 4 is 11.7 Å². The minimum atomic E-state index is -0.928. The molecule has 1 aliphatic rings. The van der Waals surface area contributed by atoms with Crippen LogP contribution in [0.4, 0.5) is 5.69 Å². The van der Waals surface area contributed by atoms with Gasteiger partial charge in [0.2, 0.25) is 0 Å². The summed E-state index contributed by atoms with van der Waals surface area (Å²) in [5.41, 5.74) is 1.42. The van der Waals surface area contributed by atoms with Crippen LogP contribution in [0.1, 0.15) is 18.4 Å². The molecular formula is C10H12N2O3. The smallest absolute Gasteiger partial charge is 0.318 e. The molecule has 0 fully saturated rings. The van der Waals surface area contributed by atoms with Crippen LogP contribution in [-0.4, -0.2) is 28.9 Å². The molecule has 0 aromatic carbocycles. The molecule has 0 spiro atoms. The van der Waals surface area contributed by atoms with Gasteiger partial charge in [0.15, 0.2) is 0 Å². The van der Waals surface area contributed by atoms with Crippen LogP contribution < -0.4 is 5.32 Å². The molecular weight excluding hydrogens is 196 g/mol. The molecule has 15 heavy (non-hydrogen) atoms. The van der Waals surface area contributed by atoms with E-state index >= 15 is 0 Å². The van der Waals surface area contributed by atoms with Crippen LogP contribution >= 0.6 is 0 Å². The maximum absolute atomic E-state index is 11.6. The zero-order chi connectivity index (χ0) is 10.8. The van der Waals surface area contributed by atoms with Gasteiger partial charge in [0.05, 0.1) is 18.5 Å². The van der Waals surface area contributed by atoms with Crippen molar-refractivity contribution in [1.29, 1.82) is 0 Å². The zero-order valence-corrected chi connectivity index (χ0v) is 8.30. The summed E-state index contributed by atoms with van der Waals surface area (Å²) in [4.78, 5) is 15.5. The van der Waals surface area contributed by atoms with E-state index in [1.54, 1.807) is 25.4 Å². The van der Waals surface area contributed by atoms with Gasteiger partial charge in [-0.2, -0.15) is 0 Å². The van der Waals surface area contributed by atoms with E-state index in [-0.39, 0.29) is 0 Å². The highest BCUT2D eigenvalue weighted by Crippen LogP contribution is 2.34. The van der Waals surface area contributed by atoms with Gasteiger partial charge in [0.1, 0.15) is 12.1 Å². The molecule has 0 saturated carbocycles. The second kappa shape index (κ2) is 3.86. The Morgan fingerprint density at radius 3 is 3.27 bits per heavy atom. The molecule has 2 heterocycles. The summed E-state index contributed by atoms with van der Waals surface area (Å²) in [7, 11) is 0. The highest BCUT2D eigenvalue weighted by molar-refractivity contribution is 5.84. The van der Waals surface area contributed by atoms with Gasteiger partial charge < -0.3 is 15.2 Å². The molecule has 1 aromatic rings.